The average molecular weight is 285 g/mol. The Hall–Kier alpha value is -1.15. The molecule has 0 radical (unpaired) electrons. The first-order valence-corrected chi connectivity index (χ1v) is 8.41. The van der Waals surface area contributed by atoms with Gasteiger partial charge in [-0.05, 0) is 56.6 Å². The van der Waals surface area contributed by atoms with Crippen molar-refractivity contribution < 1.29 is 4.79 Å². The van der Waals surface area contributed by atoms with E-state index in [9.17, 15) is 4.79 Å². The van der Waals surface area contributed by atoms with E-state index in [1.165, 1.54) is 32.2 Å². The van der Waals surface area contributed by atoms with Crippen molar-refractivity contribution in [1.29, 1.82) is 0 Å². The smallest absolute Gasteiger partial charge is 0.164 e. The minimum atomic E-state index is 0.285. The van der Waals surface area contributed by atoms with Gasteiger partial charge < -0.3 is 4.90 Å². The van der Waals surface area contributed by atoms with Crippen molar-refractivity contribution in [2.75, 3.05) is 20.1 Å². The summed E-state index contributed by atoms with van der Waals surface area (Å²) in [5.41, 5.74) is 1.99. The molecule has 2 saturated carbocycles. The number of hydrogen-bond donors (Lipinski definition) is 0. The molecule has 2 aliphatic rings. The van der Waals surface area contributed by atoms with E-state index in [0.717, 1.165) is 35.4 Å². The summed E-state index contributed by atoms with van der Waals surface area (Å²) in [5, 5.41) is 0. The molecule has 3 unspecified atom stereocenters. The van der Waals surface area contributed by atoms with Crippen molar-refractivity contribution in [2.45, 2.75) is 39.0 Å². The largest absolute Gasteiger partial charge is 0.306 e. The SMILES string of the molecule is Cc1ccccc1C(=O)CCN(C)CC1CC2CCC1C2. The zero-order chi connectivity index (χ0) is 14.8. The molecule has 0 spiro atoms. The van der Waals surface area contributed by atoms with Gasteiger partial charge in [0, 0.05) is 25.1 Å². The minimum Gasteiger partial charge on any atom is -0.306 e. The van der Waals surface area contributed by atoms with Crippen molar-refractivity contribution in [3.8, 4) is 0 Å². The van der Waals surface area contributed by atoms with Crippen LogP contribution < -0.4 is 0 Å². The van der Waals surface area contributed by atoms with E-state index in [0.29, 0.717) is 6.42 Å². The fourth-order valence-corrected chi connectivity index (χ4v) is 4.40. The van der Waals surface area contributed by atoms with Crippen LogP contribution in [-0.2, 0) is 0 Å². The molecule has 114 valence electrons. The number of carbonyl (C=O) groups excluding carboxylic acids is 1. The van der Waals surface area contributed by atoms with Crippen LogP contribution in [-0.4, -0.2) is 30.8 Å². The van der Waals surface area contributed by atoms with E-state index >= 15 is 0 Å². The molecular formula is C19H27NO. The highest BCUT2D eigenvalue weighted by Gasteiger charge is 2.39. The maximum Gasteiger partial charge on any atom is 0.164 e. The number of carbonyl (C=O) groups is 1. The number of nitrogens with zero attached hydrogens (tertiary/aromatic N) is 1. The number of rotatable bonds is 6. The minimum absolute atomic E-state index is 0.285. The predicted octanol–water partition coefficient (Wildman–Crippen LogP) is 3.94. The highest BCUT2D eigenvalue weighted by molar-refractivity contribution is 5.97. The molecule has 0 amide bonds. The van der Waals surface area contributed by atoms with Gasteiger partial charge in [-0.3, -0.25) is 4.79 Å². The Kier molecular flexibility index (Phi) is 4.44. The first-order valence-electron chi connectivity index (χ1n) is 8.41. The Bertz CT molecular complexity index is 510. The molecule has 1 aromatic rings. The highest BCUT2D eigenvalue weighted by Crippen LogP contribution is 2.48. The summed E-state index contributed by atoms with van der Waals surface area (Å²) >= 11 is 0. The van der Waals surface area contributed by atoms with Crippen LogP contribution in [0.25, 0.3) is 0 Å². The topological polar surface area (TPSA) is 20.3 Å². The quantitative estimate of drug-likeness (QED) is 0.738. The van der Waals surface area contributed by atoms with Crippen molar-refractivity contribution in [3.63, 3.8) is 0 Å². The molecule has 0 heterocycles. The van der Waals surface area contributed by atoms with Crippen LogP contribution in [0.15, 0.2) is 24.3 Å². The molecule has 2 nitrogen and oxygen atoms in total. The molecule has 0 saturated heterocycles. The maximum absolute atomic E-state index is 12.3. The number of benzene rings is 1. The Balaban J connectivity index is 1.46. The summed E-state index contributed by atoms with van der Waals surface area (Å²) in [4.78, 5) is 14.7. The molecule has 0 aliphatic heterocycles. The zero-order valence-electron chi connectivity index (χ0n) is 13.3. The molecular weight excluding hydrogens is 258 g/mol. The van der Waals surface area contributed by atoms with Crippen LogP contribution in [0.5, 0.6) is 0 Å². The van der Waals surface area contributed by atoms with E-state index in [1.54, 1.807) is 0 Å². The second-order valence-electron chi connectivity index (χ2n) is 7.19. The third-order valence-corrected chi connectivity index (χ3v) is 5.60. The third kappa shape index (κ3) is 3.37. The molecule has 3 rings (SSSR count). The number of hydrogen-bond acceptors (Lipinski definition) is 2. The molecule has 1 aromatic carbocycles. The number of ketones is 1. The summed E-state index contributed by atoms with van der Waals surface area (Å²) < 4.78 is 0. The Labute approximate surface area is 128 Å². The second-order valence-corrected chi connectivity index (χ2v) is 7.19. The lowest BCUT2D eigenvalue weighted by Gasteiger charge is -2.27. The Morgan fingerprint density at radius 1 is 1.24 bits per heavy atom. The van der Waals surface area contributed by atoms with Gasteiger partial charge in [-0.2, -0.15) is 0 Å². The number of aryl methyl sites for hydroxylation is 1. The molecule has 0 N–H and O–H groups in total. The van der Waals surface area contributed by atoms with E-state index in [4.69, 9.17) is 0 Å². The van der Waals surface area contributed by atoms with Crippen LogP contribution in [0, 0.1) is 24.7 Å². The van der Waals surface area contributed by atoms with Crippen LogP contribution in [0.1, 0.15) is 48.0 Å². The maximum atomic E-state index is 12.3. The molecule has 0 aromatic heterocycles. The Morgan fingerprint density at radius 3 is 2.71 bits per heavy atom. The summed E-state index contributed by atoms with van der Waals surface area (Å²) in [6.07, 6.45) is 6.46. The lowest BCUT2D eigenvalue weighted by molar-refractivity contribution is 0.0962. The van der Waals surface area contributed by atoms with Crippen LogP contribution >= 0.6 is 0 Å². The average Bonchev–Trinajstić information content (AvgIpc) is 3.08. The number of Topliss-reactive ketones (excluding diaryl/α,β-unsaturated/α-hetero) is 1. The molecule has 3 atom stereocenters. The van der Waals surface area contributed by atoms with E-state index in [-0.39, 0.29) is 5.78 Å². The second kappa shape index (κ2) is 6.31. The van der Waals surface area contributed by atoms with Gasteiger partial charge in [-0.25, -0.2) is 0 Å². The highest BCUT2D eigenvalue weighted by atomic mass is 16.1. The zero-order valence-corrected chi connectivity index (χ0v) is 13.3. The van der Waals surface area contributed by atoms with Crippen molar-refractivity contribution >= 4 is 5.78 Å². The van der Waals surface area contributed by atoms with E-state index in [1.807, 2.05) is 31.2 Å². The molecule has 2 bridgehead atoms. The number of fused-ring (bicyclic) bond motifs is 2. The first-order chi connectivity index (χ1) is 10.1. The van der Waals surface area contributed by atoms with Gasteiger partial charge in [0.1, 0.15) is 0 Å². The Morgan fingerprint density at radius 2 is 2.05 bits per heavy atom. The van der Waals surface area contributed by atoms with Crippen molar-refractivity contribution in [2.24, 2.45) is 17.8 Å². The van der Waals surface area contributed by atoms with Gasteiger partial charge in [0.15, 0.2) is 5.78 Å². The summed E-state index contributed by atoms with van der Waals surface area (Å²) in [7, 11) is 2.18. The lowest BCUT2D eigenvalue weighted by Crippen LogP contribution is -2.30. The fourth-order valence-electron chi connectivity index (χ4n) is 4.40. The van der Waals surface area contributed by atoms with Gasteiger partial charge in [0.2, 0.25) is 0 Å². The van der Waals surface area contributed by atoms with Crippen LogP contribution in [0.4, 0.5) is 0 Å². The molecule has 2 aliphatic carbocycles. The molecule has 2 fully saturated rings. The van der Waals surface area contributed by atoms with Crippen molar-refractivity contribution in [1.82, 2.24) is 4.90 Å². The summed E-state index contributed by atoms with van der Waals surface area (Å²) in [5.74, 6) is 3.17. The summed E-state index contributed by atoms with van der Waals surface area (Å²) in [6, 6.07) is 7.92. The normalized spacial score (nSPS) is 27.5. The predicted molar refractivity (Wildman–Crippen MR) is 86.6 cm³/mol. The standard InChI is InChI=1S/C19H27NO/c1-14-5-3-4-6-18(14)19(21)9-10-20(2)13-17-12-15-7-8-16(17)11-15/h3-6,15-17H,7-13H2,1-2H3. The summed E-state index contributed by atoms with van der Waals surface area (Å²) in [6.45, 7) is 4.09. The lowest BCUT2D eigenvalue weighted by atomic mass is 9.88. The van der Waals surface area contributed by atoms with E-state index < -0.39 is 0 Å². The first kappa shape index (κ1) is 14.8. The van der Waals surface area contributed by atoms with Gasteiger partial charge >= 0.3 is 0 Å². The molecule has 21 heavy (non-hydrogen) atoms. The van der Waals surface area contributed by atoms with Gasteiger partial charge in [0.05, 0.1) is 0 Å². The van der Waals surface area contributed by atoms with E-state index in [2.05, 4.69) is 11.9 Å². The van der Waals surface area contributed by atoms with Crippen LogP contribution in [0.3, 0.4) is 0 Å². The van der Waals surface area contributed by atoms with Gasteiger partial charge in [0.25, 0.3) is 0 Å². The monoisotopic (exact) mass is 285 g/mol. The molecule has 2 heteroatoms. The van der Waals surface area contributed by atoms with Crippen molar-refractivity contribution in [3.05, 3.63) is 35.4 Å². The van der Waals surface area contributed by atoms with Gasteiger partial charge in [-0.1, -0.05) is 30.7 Å². The van der Waals surface area contributed by atoms with Crippen LogP contribution in [0.2, 0.25) is 0 Å². The fraction of sp³-hybridized carbons (Fsp3) is 0.632. The third-order valence-electron chi connectivity index (χ3n) is 5.60. The van der Waals surface area contributed by atoms with Gasteiger partial charge in [-0.15, -0.1) is 0 Å².